The van der Waals surface area contributed by atoms with Gasteiger partial charge in [-0.1, -0.05) is 23.7 Å². The lowest BCUT2D eigenvalue weighted by Crippen LogP contribution is -2.19. The molecule has 21 heavy (non-hydrogen) atoms. The topological polar surface area (TPSA) is 59.3 Å². The highest BCUT2D eigenvalue weighted by Gasteiger charge is 2.19. The molecule has 2 aromatic rings. The van der Waals surface area contributed by atoms with Gasteiger partial charge in [-0.05, 0) is 24.1 Å². The Morgan fingerprint density at radius 2 is 2.14 bits per heavy atom. The van der Waals surface area contributed by atoms with Gasteiger partial charge in [0.1, 0.15) is 5.82 Å². The highest BCUT2D eigenvalue weighted by atomic mass is 35.5. The molecule has 0 unspecified atom stereocenters. The molecule has 0 aliphatic heterocycles. The Morgan fingerprint density at radius 3 is 2.76 bits per heavy atom. The van der Waals surface area contributed by atoms with Crippen LogP contribution in [0.15, 0.2) is 30.5 Å². The first-order chi connectivity index (χ1) is 9.88. The molecule has 1 aromatic heterocycles. The maximum atomic E-state index is 13.5. The minimum Gasteiger partial charge on any atom is -0.350 e. The largest absolute Gasteiger partial charge is 0.350 e. The van der Waals surface area contributed by atoms with Gasteiger partial charge < -0.3 is 4.90 Å². The van der Waals surface area contributed by atoms with E-state index in [1.54, 1.807) is 31.0 Å². The van der Waals surface area contributed by atoms with Gasteiger partial charge in [0.2, 0.25) is 5.82 Å². The zero-order valence-electron chi connectivity index (χ0n) is 11.5. The van der Waals surface area contributed by atoms with Crippen molar-refractivity contribution in [1.29, 1.82) is 0 Å². The highest BCUT2D eigenvalue weighted by Crippen LogP contribution is 2.28. The van der Waals surface area contributed by atoms with Crippen LogP contribution in [0.25, 0.3) is 0 Å². The quantitative estimate of drug-likeness (QED) is 0.638. The lowest BCUT2D eigenvalue weighted by molar-refractivity contribution is -0.384. The number of pyridine rings is 1. The maximum Gasteiger partial charge on any atom is 0.313 e. The lowest BCUT2D eigenvalue weighted by Gasteiger charge is -2.18. The van der Waals surface area contributed by atoms with Gasteiger partial charge in [0, 0.05) is 25.9 Å². The first-order valence-corrected chi connectivity index (χ1v) is 6.52. The fourth-order valence-electron chi connectivity index (χ4n) is 1.93. The van der Waals surface area contributed by atoms with Crippen LogP contribution in [0.4, 0.5) is 15.9 Å². The third kappa shape index (κ3) is 3.46. The van der Waals surface area contributed by atoms with E-state index in [9.17, 15) is 14.5 Å². The van der Waals surface area contributed by atoms with Gasteiger partial charge in [0.15, 0.2) is 0 Å². The van der Waals surface area contributed by atoms with Crippen molar-refractivity contribution in [3.8, 4) is 0 Å². The van der Waals surface area contributed by atoms with Gasteiger partial charge in [0.25, 0.3) is 0 Å². The van der Waals surface area contributed by atoms with Crippen LogP contribution in [-0.4, -0.2) is 17.0 Å². The van der Waals surface area contributed by atoms with Crippen molar-refractivity contribution in [3.63, 3.8) is 0 Å². The fourth-order valence-corrected chi connectivity index (χ4v) is 2.09. The second kappa shape index (κ2) is 6.05. The molecule has 5 nitrogen and oxygen atoms in total. The molecule has 2 rings (SSSR count). The van der Waals surface area contributed by atoms with Crippen molar-refractivity contribution in [2.24, 2.45) is 0 Å². The molecule has 0 N–H and O–H groups in total. The summed E-state index contributed by atoms with van der Waals surface area (Å²) in [5, 5.41) is 11.2. The molecule has 1 aromatic carbocycles. The number of aryl methyl sites for hydroxylation is 1. The van der Waals surface area contributed by atoms with Gasteiger partial charge in [-0.25, -0.2) is 9.37 Å². The predicted octanol–water partition coefficient (Wildman–Crippen LogP) is 3.73. The molecule has 0 bridgehead atoms. The van der Waals surface area contributed by atoms with Crippen LogP contribution in [0.5, 0.6) is 0 Å². The van der Waals surface area contributed by atoms with Crippen LogP contribution in [-0.2, 0) is 6.54 Å². The molecule has 7 heteroatoms. The first-order valence-electron chi connectivity index (χ1n) is 6.14. The fraction of sp³-hybridized carbons (Fsp3) is 0.214. The van der Waals surface area contributed by atoms with E-state index in [1.807, 2.05) is 0 Å². The summed E-state index contributed by atoms with van der Waals surface area (Å²) >= 11 is 5.73. The third-order valence-electron chi connectivity index (χ3n) is 3.03. The van der Waals surface area contributed by atoms with Crippen molar-refractivity contribution >= 4 is 23.1 Å². The molecule has 1 heterocycles. The number of anilines is 1. The molecular weight excluding hydrogens is 297 g/mol. The summed E-state index contributed by atoms with van der Waals surface area (Å²) in [7, 11) is 1.65. The number of nitro groups is 1. The number of hydrogen-bond acceptors (Lipinski definition) is 4. The minimum absolute atomic E-state index is 0.183. The molecule has 0 spiro atoms. The summed E-state index contributed by atoms with van der Waals surface area (Å²) in [4.78, 5) is 16.1. The van der Waals surface area contributed by atoms with E-state index >= 15 is 0 Å². The van der Waals surface area contributed by atoms with Gasteiger partial charge in [0.05, 0.1) is 9.95 Å². The standard InChI is InChI=1S/C14H13ClFN3O2/c1-9-3-4-10(5-12(9)16)8-18(2)14-13(19(20)21)6-11(15)7-17-14/h3-7H,8H2,1-2H3. The highest BCUT2D eigenvalue weighted by molar-refractivity contribution is 6.30. The smallest absolute Gasteiger partial charge is 0.313 e. The SMILES string of the molecule is Cc1ccc(CN(C)c2ncc(Cl)cc2[N+](=O)[O-])cc1F. The minimum atomic E-state index is -0.541. The predicted molar refractivity (Wildman–Crippen MR) is 79.1 cm³/mol. The zero-order valence-corrected chi connectivity index (χ0v) is 12.3. The van der Waals surface area contributed by atoms with E-state index in [2.05, 4.69) is 4.98 Å². The summed E-state index contributed by atoms with van der Waals surface area (Å²) in [5.74, 6) is -0.121. The van der Waals surface area contributed by atoms with E-state index in [0.29, 0.717) is 17.7 Å². The average molecular weight is 310 g/mol. The summed E-state index contributed by atoms with van der Waals surface area (Å²) < 4.78 is 13.5. The first kappa shape index (κ1) is 15.2. The Balaban J connectivity index is 2.29. The summed E-state index contributed by atoms with van der Waals surface area (Å²) in [6.07, 6.45) is 1.34. The Bertz CT molecular complexity index is 694. The van der Waals surface area contributed by atoms with Crippen molar-refractivity contribution < 1.29 is 9.31 Å². The number of rotatable bonds is 4. The van der Waals surface area contributed by atoms with Gasteiger partial charge in [-0.15, -0.1) is 0 Å². The number of benzene rings is 1. The van der Waals surface area contributed by atoms with Crippen LogP contribution in [0, 0.1) is 22.9 Å². The van der Waals surface area contributed by atoms with E-state index in [4.69, 9.17) is 11.6 Å². The molecule has 0 saturated carbocycles. The summed E-state index contributed by atoms with van der Waals surface area (Å²) in [6, 6.07) is 6.10. The van der Waals surface area contributed by atoms with Crippen LogP contribution in [0.3, 0.4) is 0 Å². The van der Waals surface area contributed by atoms with Gasteiger partial charge in [-0.3, -0.25) is 10.1 Å². The molecule has 0 atom stereocenters. The lowest BCUT2D eigenvalue weighted by atomic mass is 10.1. The van der Waals surface area contributed by atoms with Crippen LogP contribution >= 0.6 is 11.6 Å². The molecule has 110 valence electrons. The van der Waals surface area contributed by atoms with Crippen molar-refractivity contribution in [1.82, 2.24) is 4.98 Å². The van der Waals surface area contributed by atoms with Crippen LogP contribution in [0.1, 0.15) is 11.1 Å². The molecule has 0 radical (unpaired) electrons. The Hall–Kier alpha value is -2.21. The zero-order chi connectivity index (χ0) is 15.6. The Kier molecular flexibility index (Phi) is 4.37. The molecule has 0 amide bonds. The monoisotopic (exact) mass is 309 g/mol. The average Bonchev–Trinajstić information content (AvgIpc) is 2.42. The van der Waals surface area contributed by atoms with Crippen molar-refractivity contribution in [2.45, 2.75) is 13.5 Å². The third-order valence-corrected chi connectivity index (χ3v) is 3.23. The Morgan fingerprint density at radius 1 is 1.43 bits per heavy atom. The summed E-state index contributed by atoms with van der Waals surface area (Å²) in [5.41, 5.74) is 1.07. The summed E-state index contributed by atoms with van der Waals surface area (Å²) in [6.45, 7) is 1.97. The second-order valence-corrected chi connectivity index (χ2v) is 5.13. The molecule has 0 saturated heterocycles. The Labute approximate surface area is 126 Å². The number of nitrogens with zero attached hydrogens (tertiary/aromatic N) is 3. The van der Waals surface area contributed by atoms with Crippen LogP contribution in [0.2, 0.25) is 5.02 Å². The maximum absolute atomic E-state index is 13.5. The molecule has 0 fully saturated rings. The van der Waals surface area contributed by atoms with E-state index in [0.717, 1.165) is 0 Å². The number of aromatic nitrogens is 1. The van der Waals surface area contributed by atoms with Crippen molar-refractivity contribution in [2.75, 3.05) is 11.9 Å². The number of halogens is 2. The van der Waals surface area contributed by atoms with E-state index < -0.39 is 4.92 Å². The molecule has 0 aliphatic carbocycles. The second-order valence-electron chi connectivity index (χ2n) is 4.69. The molecule has 0 aliphatic rings. The number of hydrogen-bond donors (Lipinski definition) is 0. The van der Waals surface area contributed by atoms with Crippen molar-refractivity contribution in [3.05, 3.63) is 62.5 Å². The van der Waals surface area contributed by atoms with E-state index in [-0.39, 0.29) is 22.3 Å². The van der Waals surface area contributed by atoms with Gasteiger partial charge >= 0.3 is 5.69 Å². The van der Waals surface area contributed by atoms with Crippen LogP contribution < -0.4 is 4.90 Å². The van der Waals surface area contributed by atoms with Gasteiger partial charge in [-0.2, -0.15) is 0 Å². The normalized spacial score (nSPS) is 10.5. The molecular formula is C14H13ClFN3O2. The van der Waals surface area contributed by atoms with E-state index in [1.165, 1.54) is 18.3 Å².